The minimum absolute atomic E-state index is 0.220. The van der Waals surface area contributed by atoms with Gasteiger partial charge in [0, 0.05) is 11.3 Å². The first-order valence-electron chi connectivity index (χ1n) is 6.71. The van der Waals surface area contributed by atoms with Crippen LogP contribution in [0.25, 0.3) is 22.6 Å². The van der Waals surface area contributed by atoms with E-state index >= 15 is 0 Å². The summed E-state index contributed by atoms with van der Waals surface area (Å²) in [4.78, 5) is 16.3. The zero-order valence-corrected chi connectivity index (χ0v) is 11.8. The number of esters is 1. The van der Waals surface area contributed by atoms with Gasteiger partial charge in [-0.2, -0.15) is 0 Å². The average molecular weight is 300 g/mol. The Hall–Kier alpha value is -2.89. The summed E-state index contributed by atoms with van der Waals surface area (Å²) in [5.74, 6) is -0.593. The molecule has 0 fully saturated rings. The van der Waals surface area contributed by atoms with Crippen molar-refractivity contribution in [1.29, 1.82) is 0 Å². The summed E-state index contributed by atoms with van der Waals surface area (Å²) in [6.07, 6.45) is 0. The fourth-order valence-electron chi connectivity index (χ4n) is 2.13. The fourth-order valence-corrected chi connectivity index (χ4v) is 2.13. The van der Waals surface area contributed by atoms with E-state index in [1.54, 1.807) is 25.1 Å². The van der Waals surface area contributed by atoms with Crippen LogP contribution in [0.15, 0.2) is 40.8 Å². The quantitative estimate of drug-likeness (QED) is 0.592. The number of nitrogens with two attached hydrogens (primary N) is 1. The van der Waals surface area contributed by atoms with Crippen LogP contribution in [0.3, 0.4) is 0 Å². The number of benzene rings is 2. The van der Waals surface area contributed by atoms with Crippen molar-refractivity contribution in [1.82, 2.24) is 4.98 Å². The van der Waals surface area contributed by atoms with Crippen LogP contribution in [-0.2, 0) is 4.74 Å². The molecule has 6 heteroatoms. The predicted molar refractivity (Wildman–Crippen MR) is 79.8 cm³/mol. The molecule has 0 unspecified atom stereocenters. The van der Waals surface area contributed by atoms with Crippen LogP contribution >= 0.6 is 0 Å². The molecular formula is C16H13FN2O3. The van der Waals surface area contributed by atoms with Gasteiger partial charge in [0.15, 0.2) is 5.58 Å². The minimum atomic E-state index is -0.526. The summed E-state index contributed by atoms with van der Waals surface area (Å²) in [6, 6.07) is 8.81. The van der Waals surface area contributed by atoms with Gasteiger partial charge >= 0.3 is 5.97 Å². The molecule has 0 aliphatic rings. The van der Waals surface area contributed by atoms with Crippen molar-refractivity contribution in [2.24, 2.45) is 0 Å². The van der Waals surface area contributed by atoms with E-state index in [0.717, 1.165) is 0 Å². The van der Waals surface area contributed by atoms with Crippen LogP contribution in [0, 0.1) is 5.82 Å². The molecule has 3 aromatic rings. The molecule has 3 rings (SSSR count). The zero-order chi connectivity index (χ0) is 15.7. The number of oxazole rings is 1. The second kappa shape index (κ2) is 5.48. The van der Waals surface area contributed by atoms with Gasteiger partial charge < -0.3 is 14.9 Å². The number of anilines is 1. The molecule has 1 aromatic heterocycles. The van der Waals surface area contributed by atoms with Crippen LogP contribution in [0.5, 0.6) is 0 Å². The molecule has 0 aliphatic heterocycles. The Morgan fingerprint density at radius 1 is 1.32 bits per heavy atom. The highest BCUT2D eigenvalue weighted by molar-refractivity contribution is 6.03. The van der Waals surface area contributed by atoms with Crippen LogP contribution in [0.4, 0.5) is 10.1 Å². The molecule has 0 atom stereocenters. The molecule has 2 N–H and O–H groups in total. The summed E-state index contributed by atoms with van der Waals surface area (Å²) >= 11 is 0. The second-order valence-electron chi connectivity index (χ2n) is 4.66. The zero-order valence-electron chi connectivity index (χ0n) is 11.8. The molecule has 2 aromatic carbocycles. The van der Waals surface area contributed by atoms with E-state index < -0.39 is 5.97 Å². The van der Waals surface area contributed by atoms with Crippen LogP contribution in [0.1, 0.15) is 17.3 Å². The maximum absolute atomic E-state index is 13.0. The summed E-state index contributed by atoms with van der Waals surface area (Å²) < 4.78 is 23.6. The maximum Gasteiger partial charge on any atom is 0.342 e. The Labute approximate surface area is 125 Å². The molecule has 0 amide bonds. The van der Waals surface area contributed by atoms with Crippen LogP contribution in [0.2, 0.25) is 0 Å². The molecule has 0 saturated carbocycles. The van der Waals surface area contributed by atoms with Crippen molar-refractivity contribution in [3.63, 3.8) is 0 Å². The summed E-state index contributed by atoms with van der Waals surface area (Å²) in [7, 11) is 0. The molecule has 0 bridgehead atoms. The molecule has 1 heterocycles. The number of fused-ring (bicyclic) bond motifs is 1. The number of aromatic nitrogens is 1. The van der Waals surface area contributed by atoms with Gasteiger partial charge in [-0.1, -0.05) is 0 Å². The first kappa shape index (κ1) is 14.1. The van der Waals surface area contributed by atoms with Crippen molar-refractivity contribution in [3.05, 3.63) is 47.8 Å². The lowest BCUT2D eigenvalue weighted by Crippen LogP contribution is -2.05. The third kappa shape index (κ3) is 2.50. The average Bonchev–Trinajstić information content (AvgIpc) is 2.91. The van der Waals surface area contributed by atoms with Gasteiger partial charge in [0.05, 0.1) is 6.61 Å². The maximum atomic E-state index is 13.0. The first-order chi connectivity index (χ1) is 10.6. The largest absolute Gasteiger partial charge is 0.462 e. The van der Waals surface area contributed by atoms with Gasteiger partial charge in [-0.05, 0) is 43.3 Å². The Balaban J connectivity index is 2.14. The van der Waals surface area contributed by atoms with E-state index in [9.17, 15) is 9.18 Å². The number of hydrogen-bond acceptors (Lipinski definition) is 5. The highest BCUT2D eigenvalue weighted by atomic mass is 19.1. The predicted octanol–water partition coefficient (Wildman–Crippen LogP) is 3.39. The monoisotopic (exact) mass is 300 g/mol. The number of rotatable bonds is 3. The standard InChI is InChI=1S/C16H13FN2O3/c1-2-21-16(20)12-7-11(18)8-13-14(12)22-15(19-13)9-3-5-10(17)6-4-9/h3-8H,2,18H2,1H3. The number of ether oxygens (including phenoxy) is 1. The van der Waals surface area contributed by atoms with Gasteiger partial charge in [0.2, 0.25) is 5.89 Å². The highest BCUT2D eigenvalue weighted by Gasteiger charge is 2.18. The lowest BCUT2D eigenvalue weighted by atomic mass is 10.2. The number of halogens is 1. The van der Waals surface area contributed by atoms with Gasteiger partial charge in [-0.3, -0.25) is 0 Å². The Kier molecular flexibility index (Phi) is 3.50. The third-order valence-electron chi connectivity index (χ3n) is 3.10. The van der Waals surface area contributed by atoms with Crippen molar-refractivity contribution >= 4 is 22.8 Å². The van der Waals surface area contributed by atoms with Gasteiger partial charge in [-0.25, -0.2) is 14.2 Å². The number of nitrogens with zero attached hydrogens (tertiary/aromatic N) is 1. The van der Waals surface area contributed by atoms with E-state index in [1.807, 2.05) is 0 Å². The van der Waals surface area contributed by atoms with E-state index in [-0.39, 0.29) is 23.9 Å². The molecular weight excluding hydrogens is 287 g/mol. The molecule has 0 spiro atoms. The third-order valence-corrected chi connectivity index (χ3v) is 3.10. The minimum Gasteiger partial charge on any atom is -0.462 e. The van der Waals surface area contributed by atoms with Crippen molar-refractivity contribution in [2.45, 2.75) is 6.92 Å². The topological polar surface area (TPSA) is 78.4 Å². The molecule has 22 heavy (non-hydrogen) atoms. The lowest BCUT2D eigenvalue weighted by molar-refractivity contribution is 0.0527. The first-order valence-corrected chi connectivity index (χ1v) is 6.71. The van der Waals surface area contributed by atoms with Crippen LogP contribution < -0.4 is 5.73 Å². The molecule has 5 nitrogen and oxygen atoms in total. The smallest absolute Gasteiger partial charge is 0.342 e. The Bertz CT molecular complexity index is 840. The highest BCUT2D eigenvalue weighted by Crippen LogP contribution is 2.29. The number of carbonyl (C=O) groups is 1. The summed E-state index contributed by atoms with van der Waals surface area (Å²) in [6.45, 7) is 1.96. The molecule has 0 radical (unpaired) electrons. The van der Waals surface area contributed by atoms with Gasteiger partial charge in [-0.15, -0.1) is 0 Å². The van der Waals surface area contributed by atoms with Crippen molar-refractivity contribution in [3.8, 4) is 11.5 Å². The van der Waals surface area contributed by atoms with E-state index in [0.29, 0.717) is 22.4 Å². The van der Waals surface area contributed by atoms with E-state index in [2.05, 4.69) is 4.98 Å². The van der Waals surface area contributed by atoms with Crippen molar-refractivity contribution < 1.29 is 18.3 Å². The number of hydrogen-bond donors (Lipinski definition) is 1. The number of carbonyl (C=O) groups excluding carboxylic acids is 1. The van der Waals surface area contributed by atoms with Crippen molar-refractivity contribution in [2.75, 3.05) is 12.3 Å². The van der Waals surface area contributed by atoms with Gasteiger partial charge in [0.1, 0.15) is 16.9 Å². The second-order valence-corrected chi connectivity index (χ2v) is 4.66. The summed E-state index contributed by atoms with van der Waals surface area (Å²) in [5.41, 5.74) is 7.74. The SMILES string of the molecule is CCOC(=O)c1cc(N)cc2nc(-c3ccc(F)cc3)oc12. The van der Waals surface area contributed by atoms with E-state index in [4.69, 9.17) is 14.9 Å². The molecule has 0 aliphatic carbocycles. The number of nitrogen functional groups attached to an aromatic ring is 1. The van der Waals surface area contributed by atoms with E-state index in [1.165, 1.54) is 18.2 Å². The normalized spacial score (nSPS) is 10.8. The fraction of sp³-hybridized carbons (Fsp3) is 0.125. The lowest BCUT2D eigenvalue weighted by Gasteiger charge is -2.02. The van der Waals surface area contributed by atoms with Gasteiger partial charge in [0.25, 0.3) is 0 Å². The Morgan fingerprint density at radius 2 is 2.05 bits per heavy atom. The Morgan fingerprint density at radius 3 is 2.73 bits per heavy atom. The van der Waals surface area contributed by atoms with Crippen LogP contribution in [-0.4, -0.2) is 17.6 Å². The molecule has 0 saturated heterocycles. The summed E-state index contributed by atoms with van der Waals surface area (Å²) in [5, 5.41) is 0. The molecule has 112 valence electrons.